The Labute approximate surface area is 231 Å². The topological polar surface area (TPSA) is 107 Å². The standard InChI is InChI=1S/C29H32ClN5O4/c1-16-27(17(2)39-33-16)18-13-23-28(31-15-18)35(19-7-10-21(36)11-8-19)29(32-23)24-5-4-6-26(37)34(24)20-9-12-25(38-3)22(30)14-20/h9,12-15,19,21,24,36H,4-8,10-11H2,1-3H3/t19-,21-,24-/m0/s1. The maximum atomic E-state index is 13.4. The van der Waals surface area contributed by atoms with Gasteiger partial charge in [0.05, 0.1) is 30.0 Å². The Morgan fingerprint density at radius 1 is 1.13 bits per heavy atom. The number of anilines is 1. The first-order chi connectivity index (χ1) is 18.9. The molecule has 0 radical (unpaired) electrons. The summed E-state index contributed by atoms with van der Waals surface area (Å²) >= 11 is 6.48. The van der Waals surface area contributed by atoms with Crippen LogP contribution in [0.25, 0.3) is 22.3 Å². The SMILES string of the molecule is COc1ccc(N2C(=O)CCC[C@H]2c2nc3cc(-c4c(C)noc4C)cnc3n2[C@H]2CC[C@H](O)CC2)cc1Cl. The number of rotatable bonds is 5. The van der Waals surface area contributed by atoms with Crippen LogP contribution in [0, 0.1) is 13.8 Å². The predicted molar refractivity (Wildman–Crippen MR) is 148 cm³/mol. The number of carbonyl (C=O) groups is 1. The number of pyridine rings is 1. The number of methoxy groups -OCH3 is 1. The van der Waals surface area contributed by atoms with Crippen molar-refractivity contribution >= 4 is 34.4 Å². The van der Waals surface area contributed by atoms with Crippen LogP contribution in [-0.4, -0.2) is 43.9 Å². The minimum atomic E-state index is -0.284. The Bertz CT molecular complexity index is 1520. The molecule has 0 unspecified atom stereocenters. The molecule has 1 aliphatic heterocycles. The third-order valence-corrected chi connectivity index (χ3v) is 8.37. The number of aliphatic hydroxyl groups excluding tert-OH is 1. The van der Waals surface area contributed by atoms with Crippen LogP contribution in [-0.2, 0) is 4.79 Å². The van der Waals surface area contributed by atoms with Crippen molar-refractivity contribution in [3.05, 3.63) is 52.8 Å². The van der Waals surface area contributed by atoms with Crippen molar-refractivity contribution in [2.45, 2.75) is 77.0 Å². The Kier molecular flexibility index (Phi) is 6.81. The molecule has 0 spiro atoms. The number of ether oxygens (including phenoxy) is 1. The molecule has 4 heterocycles. The van der Waals surface area contributed by atoms with Crippen LogP contribution in [0.15, 0.2) is 35.0 Å². The first-order valence-electron chi connectivity index (χ1n) is 13.5. The monoisotopic (exact) mass is 549 g/mol. The van der Waals surface area contributed by atoms with Crippen molar-refractivity contribution in [1.29, 1.82) is 0 Å². The van der Waals surface area contributed by atoms with Gasteiger partial charge in [0.1, 0.15) is 22.9 Å². The van der Waals surface area contributed by atoms with Crippen LogP contribution < -0.4 is 9.64 Å². The number of nitrogens with zero attached hydrogens (tertiary/aromatic N) is 5. The lowest BCUT2D eigenvalue weighted by molar-refractivity contribution is -0.120. The van der Waals surface area contributed by atoms with E-state index in [2.05, 4.69) is 9.72 Å². The summed E-state index contributed by atoms with van der Waals surface area (Å²) in [5, 5.41) is 14.8. The highest BCUT2D eigenvalue weighted by atomic mass is 35.5. The summed E-state index contributed by atoms with van der Waals surface area (Å²) in [6.45, 7) is 3.81. The number of fused-ring (bicyclic) bond motifs is 1. The summed E-state index contributed by atoms with van der Waals surface area (Å²) in [5.41, 5.74) is 4.88. The van der Waals surface area contributed by atoms with Crippen molar-refractivity contribution in [3.8, 4) is 16.9 Å². The zero-order chi connectivity index (χ0) is 27.3. The molecule has 1 atom stereocenters. The summed E-state index contributed by atoms with van der Waals surface area (Å²) in [5.74, 6) is 2.14. The van der Waals surface area contributed by atoms with Crippen molar-refractivity contribution in [2.75, 3.05) is 12.0 Å². The molecule has 204 valence electrons. The molecule has 4 aromatic rings. The van der Waals surface area contributed by atoms with Crippen molar-refractivity contribution in [1.82, 2.24) is 19.7 Å². The molecular formula is C29H32ClN5O4. The fourth-order valence-corrected chi connectivity index (χ4v) is 6.44. The highest BCUT2D eigenvalue weighted by molar-refractivity contribution is 6.32. The van der Waals surface area contributed by atoms with Gasteiger partial charge in [-0.15, -0.1) is 0 Å². The van der Waals surface area contributed by atoms with Gasteiger partial charge >= 0.3 is 0 Å². The number of halogens is 1. The highest BCUT2D eigenvalue weighted by Crippen LogP contribution is 2.42. The summed E-state index contributed by atoms with van der Waals surface area (Å²) in [4.78, 5) is 25.3. The molecular weight excluding hydrogens is 518 g/mol. The van der Waals surface area contributed by atoms with Gasteiger partial charge in [-0.3, -0.25) is 4.79 Å². The fourth-order valence-electron chi connectivity index (χ4n) is 6.19. The highest BCUT2D eigenvalue weighted by Gasteiger charge is 2.37. The smallest absolute Gasteiger partial charge is 0.227 e. The number of aliphatic hydroxyl groups is 1. The molecule has 39 heavy (non-hydrogen) atoms. The molecule has 1 saturated heterocycles. The van der Waals surface area contributed by atoms with E-state index >= 15 is 0 Å². The molecule has 0 bridgehead atoms. The van der Waals surface area contributed by atoms with Gasteiger partial charge in [0.25, 0.3) is 0 Å². The molecule has 1 aromatic carbocycles. The second-order valence-corrected chi connectivity index (χ2v) is 11.0. The molecule has 10 heteroatoms. The summed E-state index contributed by atoms with van der Waals surface area (Å²) in [6, 6.07) is 7.33. The average Bonchev–Trinajstić information content (AvgIpc) is 3.47. The van der Waals surface area contributed by atoms with Crippen LogP contribution in [0.3, 0.4) is 0 Å². The van der Waals surface area contributed by atoms with Crippen molar-refractivity contribution < 1.29 is 19.2 Å². The Morgan fingerprint density at radius 3 is 2.62 bits per heavy atom. The lowest BCUT2D eigenvalue weighted by Gasteiger charge is -2.37. The number of amides is 1. The fraction of sp³-hybridized carbons (Fsp3) is 0.448. The summed E-state index contributed by atoms with van der Waals surface area (Å²) < 4.78 is 13.0. The normalized spacial score (nSPS) is 22.0. The van der Waals surface area contributed by atoms with Gasteiger partial charge < -0.3 is 23.8 Å². The largest absolute Gasteiger partial charge is 0.495 e. The Morgan fingerprint density at radius 2 is 1.92 bits per heavy atom. The minimum absolute atomic E-state index is 0.0366. The molecule has 1 saturated carbocycles. The first kappa shape index (κ1) is 25.8. The number of hydrogen-bond donors (Lipinski definition) is 1. The number of carbonyl (C=O) groups excluding carboxylic acids is 1. The van der Waals surface area contributed by atoms with Gasteiger partial charge in [-0.25, -0.2) is 9.97 Å². The van der Waals surface area contributed by atoms with Crippen molar-refractivity contribution in [3.63, 3.8) is 0 Å². The zero-order valence-electron chi connectivity index (χ0n) is 22.4. The van der Waals surface area contributed by atoms with Gasteiger partial charge in [0, 0.05) is 35.5 Å². The van der Waals surface area contributed by atoms with Crippen LogP contribution in [0.4, 0.5) is 5.69 Å². The molecule has 6 rings (SSSR count). The van der Waals surface area contributed by atoms with Gasteiger partial charge in [0.15, 0.2) is 5.65 Å². The number of aromatic nitrogens is 4. The lowest BCUT2D eigenvalue weighted by atomic mass is 9.92. The van der Waals surface area contributed by atoms with Crippen LogP contribution in [0.5, 0.6) is 5.75 Å². The van der Waals surface area contributed by atoms with E-state index in [0.717, 1.165) is 83.8 Å². The molecule has 1 amide bonds. The second kappa shape index (κ2) is 10.3. The minimum Gasteiger partial charge on any atom is -0.495 e. The van der Waals surface area contributed by atoms with Crippen molar-refractivity contribution in [2.24, 2.45) is 0 Å². The van der Waals surface area contributed by atoms with Gasteiger partial charge in [-0.2, -0.15) is 0 Å². The van der Waals surface area contributed by atoms with Gasteiger partial charge in [-0.1, -0.05) is 16.8 Å². The third-order valence-electron chi connectivity index (χ3n) is 8.07. The van der Waals surface area contributed by atoms with E-state index in [1.165, 1.54) is 0 Å². The van der Waals surface area contributed by atoms with E-state index < -0.39 is 0 Å². The van der Waals surface area contributed by atoms with E-state index in [1.807, 2.05) is 37.1 Å². The van der Waals surface area contributed by atoms with Gasteiger partial charge in [0.2, 0.25) is 5.91 Å². The number of hydrogen-bond acceptors (Lipinski definition) is 7. The molecule has 1 N–H and O–H groups in total. The van der Waals surface area contributed by atoms with Crippen LogP contribution >= 0.6 is 11.6 Å². The molecule has 1 aliphatic carbocycles. The molecule has 9 nitrogen and oxygen atoms in total. The van der Waals surface area contributed by atoms with E-state index in [-0.39, 0.29) is 24.1 Å². The Hall–Kier alpha value is -3.43. The first-order valence-corrected chi connectivity index (χ1v) is 13.9. The second-order valence-electron chi connectivity index (χ2n) is 10.6. The number of aryl methyl sites for hydroxylation is 2. The zero-order valence-corrected chi connectivity index (χ0v) is 23.1. The predicted octanol–water partition coefficient (Wildman–Crippen LogP) is 6.10. The maximum Gasteiger partial charge on any atom is 0.227 e. The third kappa shape index (κ3) is 4.57. The Balaban J connectivity index is 1.50. The summed E-state index contributed by atoms with van der Waals surface area (Å²) in [7, 11) is 1.57. The van der Waals surface area contributed by atoms with E-state index in [0.29, 0.717) is 17.2 Å². The summed E-state index contributed by atoms with van der Waals surface area (Å²) in [6.07, 6.45) is 6.66. The van der Waals surface area contributed by atoms with E-state index in [1.54, 1.807) is 19.2 Å². The molecule has 3 aromatic heterocycles. The van der Waals surface area contributed by atoms with Gasteiger partial charge in [-0.05, 0) is 76.6 Å². The lowest BCUT2D eigenvalue weighted by Crippen LogP contribution is -2.40. The quantitative estimate of drug-likeness (QED) is 0.320. The van der Waals surface area contributed by atoms with Crippen LogP contribution in [0.2, 0.25) is 5.02 Å². The van der Waals surface area contributed by atoms with E-state index in [4.69, 9.17) is 30.8 Å². The number of piperidine rings is 1. The maximum absolute atomic E-state index is 13.4. The van der Waals surface area contributed by atoms with E-state index in [9.17, 15) is 9.90 Å². The molecule has 2 aliphatic rings. The number of benzene rings is 1. The van der Waals surface area contributed by atoms with Crippen LogP contribution in [0.1, 0.15) is 74.3 Å². The number of imidazole rings is 1. The average molecular weight is 550 g/mol. The molecule has 2 fully saturated rings.